The number of carbonyl (C=O) groups is 2. The van der Waals surface area contributed by atoms with Crippen LogP contribution in [0.2, 0.25) is 0 Å². The Hall–Kier alpha value is -4.83. The van der Waals surface area contributed by atoms with Gasteiger partial charge in [0.05, 0.1) is 13.5 Å². The van der Waals surface area contributed by atoms with Crippen LogP contribution in [0.15, 0.2) is 85.1 Å². The second kappa shape index (κ2) is 25.5. The van der Waals surface area contributed by atoms with Gasteiger partial charge in [0.25, 0.3) is 0 Å². The first-order chi connectivity index (χ1) is 28.2. The average Bonchev–Trinajstić information content (AvgIpc) is 3.22. The molecule has 0 aliphatic carbocycles. The van der Waals surface area contributed by atoms with Crippen molar-refractivity contribution in [1.29, 1.82) is 0 Å². The minimum Gasteiger partial charge on any atom is -0.504 e. The molecular formula is C49H65N3O6. The number of unbranched alkanes of at least 4 members (excludes halogenated alkanes) is 1. The van der Waals surface area contributed by atoms with Gasteiger partial charge in [-0.25, -0.2) is 4.98 Å². The number of methoxy groups -OCH3 is 1. The third-order valence-electron chi connectivity index (χ3n) is 11.0. The van der Waals surface area contributed by atoms with Crippen molar-refractivity contribution in [3.05, 3.63) is 124 Å². The first-order valence-corrected chi connectivity index (χ1v) is 21.0. The molecule has 6 N–H and O–H groups in total. The number of nitrogens with two attached hydrogens (primary N) is 1. The first kappa shape index (κ1) is 45.9. The Bertz CT molecular complexity index is 1880. The monoisotopic (exact) mass is 791 g/mol. The molecule has 0 amide bonds. The van der Waals surface area contributed by atoms with E-state index in [0.29, 0.717) is 42.5 Å². The second-order valence-corrected chi connectivity index (χ2v) is 15.6. The number of benzene rings is 3. The number of carbonyl (C=O) groups excluding carboxylic acids is 2. The number of Topliss-reactive ketones (excluding diaryl/α,β-unsaturated/α-hetero) is 1. The average molecular weight is 792 g/mol. The number of rotatable bonds is 28. The molecule has 0 saturated heterocycles. The maximum Gasteiger partial charge on any atom is 0.163 e. The van der Waals surface area contributed by atoms with E-state index >= 15 is 0 Å². The summed E-state index contributed by atoms with van der Waals surface area (Å²) in [7, 11) is 3.44. The number of hydrogen-bond donors (Lipinski definition) is 5. The van der Waals surface area contributed by atoms with Crippen LogP contribution in [0.5, 0.6) is 11.5 Å². The number of anilines is 1. The molecule has 0 fully saturated rings. The number of aliphatic hydroxyl groups is 2. The Kier molecular flexibility index (Phi) is 20.2. The third-order valence-corrected chi connectivity index (χ3v) is 11.0. The highest BCUT2D eigenvalue weighted by Gasteiger charge is 2.18. The summed E-state index contributed by atoms with van der Waals surface area (Å²) in [5, 5.41) is 32.7. The van der Waals surface area contributed by atoms with Gasteiger partial charge in [0.2, 0.25) is 0 Å². The predicted molar refractivity (Wildman–Crippen MR) is 234 cm³/mol. The minimum atomic E-state index is -0.279. The number of aromatic nitrogens is 1. The van der Waals surface area contributed by atoms with E-state index in [2.05, 4.69) is 58.8 Å². The summed E-state index contributed by atoms with van der Waals surface area (Å²) in [5.41, 5.74) is 13.6. The molecule has 9 nitrogen and oxygen atoms in total. The fraction of sp³-hybridized carbons (Fsp3) is 0.449. The van der Waals surface area contributed by atoms with Crippen LogP contribution in [0.4, 0.5) is 5.82 Å². The lowest BCUT2D eigenvalue weighted by molar-refractivity contribution is -0.124. The molecule has 0 aliphatic rings. The quantitative estimate of drug-likeness (QED) is 0.0219. The van der Waals surface area contributed by atoms with Crippen LogP contribution in [0.3, 0.4) is 0 Å². The van der Waals surface area contributed by atoms with E-state index in [0.717, 1.165) is 93.9 Å². The van der Waals surface area contributed by atoms with Gasteiger partial charge in [0.1, 0.15) is 11.6 Å². The molecule has 2 atom stereocenters. The minimum absolute atomic E-state index is 0.00634. The molecule has 0 unspecified atom stereocenters. The number of ether oxygens (including phenoxy) is 1. The van der Waals surface area contributed by atoms with E-state index in [9.17, 15) is 24.9 Å². The van der Waals surface area contributed by atoms with Crippen LogP contribution in [-0.2, 0) is 41.7 Å². The lowest BCUT2D eigenvalue weighted by Gasteiger charge is -2.23. The number of aryl methyl sites for hydroxylation is 4. The van der Waals surface area contributed by atoms with E-state index in [4.69, 9.17) is 10.5 Å². The fourth-order valence-electron chi connectivity index (χ4n) is 7.87. The molecule has 1 heterocycles. The van der Waals surface area contributed by atoms with Gasteiger partial charge in [0.15, 0.2) is 17.3 Å². The lowest BCUT2D eigenvalue weighted by Crippen LogP contribution is -2.22. The van der Waals surface area contributed by atoms with Gasteiger partial charge in [0, 0.05) is 25.8 Å². The molecule has 0 saturated carbocycles. The van der Waals surface area contributed by atoms with Gasteiger partial charge in [-0.15, -0.1) is 0 Å². The first-order valence-electron chi connectivity index (χ1n) is 21.0. The van der Waals surface area contributed by atoms with Crippen LogP contribution < -0.4 is 15.8 Å². The normalized spacial score (nSPS) is 12.5. The summed E-state index contributed by atoms with van der Waals surface area (Å²) < 4.78 is 5.41. The van der Waals surface area contributed by atoms with Gasteiger partial charge in [-0.2, -0.15) is 0 Å². The van der Waals surface area contributed by atoms with E-state index in [1.165, 1.54) is 29.9 Å². The van der Waals surface area contributed by atoms with Crippen LogP contribution in [0.1, 0.15) is 103 Å². The summed E-state index contributed by atoms with van der Waals surface area (Å²) in [6.45, 7) is 1.25. The topological polar surface area (TPSA) is 155 Å². The Morgan fingerprint density at radius 3 is 2.21 bits per heavy atom. The molecule has 3 aromatic carbocycles. The molecule has 9 heteroatoms. The number of nitrogens with one attached hydrogen (secondary N) is 1. The smallest absolute Gasteiger partial charge is 0.163 e. The van der Waals surface area contributed by atoms with Crippen molar-refractivity contribution in [2.75, 3.05) is 39.6 Å². The number of nitrogen functional groups attached to an aromatic ring is 1. The SMILES string of the molecule is CNC[C@H](CCCCO)C[C@H](CCCO)CCCC(=O)CC(=O)C=Cc1cc(OC)c(O)cc1Cc1cnc(N)cc1CCc1cccc(CCc2ccccc2)c1. The van der Waals surface area contributed by atoms with Gasteiger partial charge >= 0.3 is 0 Å². The van der Waals surface area contributed by atoms with Crippen molar-refractivity contribution in [3.63, 3.8) is 0 Å². The highest BCUT2D eigenvalue weighted by Crippen LogP contribution is 2.32. The van der Waals surface area contributed by atoms with E-state index in [-0.39, 0.29) is 42.7 Å². The molecule has 0 radical (unpaired) electrons. The number of aliphatic hydroxyl groups excluding tert-OH is 2. The van der Waals surface area contributed by atoms with E-state index in [1.807, 2.05) is 19.2 Å². The maximum absolute atomic E-state index is 13.1. The van der Waals surface area contributed by atoms with Crippen molar-refractivity contribution < 1.29 is 29.6 Å². The van der Waals surface area contributed by atoms with E-state index < -0.39 is 0 Å². The van der Waals surface area contributed by atoms with Gasteiger partial charge in [-0.1, -0.05) is 73.5 Å². The highest BCUT2D eigenvalue weighted by molar-refractivity contribution is 6.06. The second-order valence-electron chi connectivity index (χ2n) is 15.6. The number of phenolic OH excluding ortho intramolecular Hbond substituents is 1. The summed E-state index contributed by atoms with van der Waals surface area (Å²) in [5.74, 6) is 1.23. The summed E-state index contributed by atoms with van der Waals surface area (Å²) in [4.78, 5) is 30.4. The Labute approximate surface area is 345 Å². The highest BCUT2D eigenvalue weighted by atomic mass is 16.5. The Balaban J connectivity index is 1.38. The zero-order valence-electron chi connectivity index (χ0n) is 34.6. The van der Waals surface area contributed by atoms with Crippen LogP contribution in [0.25, 0.3) is 6.08 Å². The Morgan fingerprint density at radius 1 is 0.793 bits per heavy atom. The molecule has 312 valence electrons. The number of allylic oxidation sites excluding steroid dienone is 1. The molecule has 4 rings (SSSR count). The lowest BCUT2D eigenvalue weighted by atomic mass is 9.84. The zero-order chi connectivity index (χ0) is 41.5. The molecule has 1 aromatic heterocycles. The van der Waals surface area contributed by atoms with Crippen molar-refractivity contribution >= 4 is 23.5 Å². The Morgan fingerprint density at radius 2 is 1.48 bits per heavy atom. The predicted octanol–water partition coefficient (Wildman–Crippen LogP) is 8.03. The van der Waals surface area contributed by atoms with Crippen LogP contribution in [-0.4, -0.2) is 65.8 Å². The third kappa shape index (κ3) is 16.2. The molecule has 4 aromatic rings. The number of nitrogens with zero attached hydrogens (tertiary/aromatic N) is 1. The van der Waals surface area contributed by atoms with Crippen molar-refractivity contribution in [1.82, 2.24) is 10.3 Å². The van der Waals surface area contributed by atoms with Gasteiger partial charge in [-0.3, -0.25) is 9.59 Å². The molecular weight excluding hydrogens is 727 g/mol. The number of ketones is 2. The van der Waals surface area contributed by atoms with E-state index in [1.54, 1.807) is 24.4 Å². The van der Waals surface area contributed by atoms with Gasteiger partial charge < -0.3 is 31.1 Å². The van der Waals surface area contributed by atoms with Crippen molar-refractivity contribution in [2.24, 2.45) is 11.8 Å². The largest absolute Gasteiger partial charge is 0.504 e. The number of aromatic hydroxyl groups is 1. The molecule has 58 heavy (non-hydrogen) atoms. The van der Waals surface area contributed by atoms with Crippen LogP contribution >= 0.6 is 0 Å². The van der Waals surface area contributed by atoms with Gasteiger partial charge in [-0.05, 0) is 159 Å². The molecule has 0 spiro atoms. The zero-order valence-corrected chi connectivity index (χ0v) is 34.6. The summed E-state index contributed by atoms with van der Waals surface area (Å²) >= 11 is 0. The molecule has 0 aliphatic heterocycles. The van der Waals surface area contributed by atoms with Crippen molar-refractivity contribution in [2.45, 2.75) is 96.3 Å². The van der Waals surface area contributed by atoms with Crippen molar-refractivity contribution in [3.8, 4) is 11.5 Å². The number of phenols is 1. The van der Waals surface area contributed by atoms with Crippen LogP contribution in [0, 0.1) is 11.8 Å². The summed E-state index contributed by atoms with van der Waals surface area (Å²) in [6, 6.07) is 24.5. The summed E-state index contributed by atoms with van der Waals surface area (Å²) in [6.07, 6.45) is 16.1. The molecule has 0 bridgehead atoms. The maximum atomic E-state index is 13.1. The number of pyridine rings is 1. The fourth-order valence-corrected chi connectivity index (χ4v) is 7.87. The standard InChI is InChI=1S/C49H65N3O6/c1-51-34-40(13-6-7-25-53)28-37(17-10-26-54)16-9-18-45(55)33-46(56)24-23-41-31-48(58-2)47(57)30-43(41)29-44-35-52-49(50)32-42(44)22-21-39-15-8-14-38(27-39)20-19-36-11-4-3-5-12-36/h3-5,8,11-12,14-15,23-24,27,30-32,35,37,40,51,53-54,57H,6-7,9-10,13,16-22,25-26,28-29,33-34H2,1-2H3,(H2,50,52)/t37-,40+/m0/s1. The number of hydrogen-bond acceptors (Lipinski definition) is 9.